The zero-order valence-electron chi connectivity index (χ0n) is 7.84. The van der Waals surface area contributed by atoms with Crippen molar-refractivity contribution in [2.75, 3.05) is 13.1 Å². The minimum atomic E-state index is 0.458. The number of pyridine rings is 1. The fourth-order valence-corrected chi connectivity index (χ4v) is 2.16. The molecular weight excluding hydrogens is 219 g/mol. The molecule has 0 atom stereocenters. The molecule has 0 amide bonds. The predicted molar refractivity (Wildman–Crippen MR) is 58.8 cm³/mol. The van der Waals surface area contributed by atoms with E-state index in [2.05, 4.69) is 9.88 Å². The Kier molecular flexibility index (Phi) is 3.26. The molecule has 0 bridgehead atoms. The summed E-state index contributed by atoms with van der Waals surface area (Å²) >= 11 is 11.8. The Morgan fingerprint density at radius 2 is 2.00 bits per heavy atom. The Labute approximate surface area is 93.8 Å². The summed E-state index contributed by atoms with van der Waals surface area (Å²) in [6.45, 7) is 3.22. The minimum absolute atomic E-state index is 0.458. The van der Waals surface area contributed by atoms with Crippen molar-refractivity contribution < 1.29 is 0 Å². The van der Waals surface area contributed by atoms with Crippen LogP contribution in [0.4, 0.5) is 0 Å². The highest BCUT2D eigenvalue weighted by atomic mass is 35.5. The van der Waals surface area contributed by atoms with E-state index in [0.29, 0.717) is 5.15 Å². The maximum atomic E-state index is 6.06. The molecule has 0 saturated carbocycles. The first-order valence-electron chi connectivity index (χ1n) is 4.78. The number of halogens is 2. The first kappa shape index (κ1) is 10.2. The molecule has 2 heterocycles. The standard InChI is InChI=1S/C10H12Cl2N2/c11-9-5-10(12)13-6-8(9)7-14-3-1-2-4-14/h5-6H,1-4,7H2. The molecule has 2 nitrogen and oxygen atoms in total. The van der Waals surface area contributed by atoms with Gasteiger partial charge in [0.15, 0.2) is 0 Å². The Bertz CT molecular complexity index is 322. The van der Waals surface area contributed by atoms with E-state index in [1.807, 2.05) is 0 Å². The highest BCUT2D eigenvalue weighted by Gasteiger charge is 2.13. The first-order valence-corrected chi connectivity index (χ1v) is 5.53. The Morgan fingerprint density at radius 1 is 1.29 bits per heavy atom. The molecule has 1 saturated heterocycles. The molecule has 2 rings (SSSR count). The lowest BCUT2D eigenvalue weighted by atomic mass is 10.2. The van der Waals surface area contributed by atoms with Gasteiger partial charge in [0.2, 0.25) is 0 Å². The highest BCUT2D eigenvalue weighted by Crippen LogP contribution is 2.21. The Hall–Kier alpha value is -0.310. The fraction of sp³-hybridized carbons (Fsp3) is 0.500. The van der Waals surface area contributed by atoms with E-state index in [9.17, 15) is 0 Å². The van der Waals surface area contributed by atoms with Gasteiger partial charge in [-0.05, 0) is 32.0 Å². The monoisotopic (exact) mass is 230 g/mol. The van der Waals surface area contributed by atoms with Gasteiger partial charge in [0.1, 0.15) is 5.15 Å². The average Bonchev–Trinajstić information content (AvgIpc) is 2.62. The molecule has 4 heteroatoms. The van der Waals surface area contributed by atoms with E-state index in [1.165, 1.54) is 25.9 Å². The van der Waals surface area contributed by atoms with Gasteiger partial charge in [0, 0.05) is 23.3 Å². The number of likely N-dealkylation sites (tertiary alicyclic amines) is 1. The first-order chi connectivity index (χ1) is 6.75. The van der Waals surface area contributed by atoms with Crippen molar-refractivity contribution >= 4 is 23.2 Å². The molecule has 1 aromatic rings. The summed E-state index contributed by atoms with van der Waals surface area (Å²) in [5.41, 5.74) is 1.07. The smallest absolute Gasteiger partial charge is 0.130 e. The van der Waals surface area contributed by atoms with E-state index in [1.54, 1.807) is 12.3 Å². The van der Waals surface area contributed by atoms with Crippen LogP contribution >= 0.6 is 23.2 Å². The molecule has 0 spiro atoms. The van der Waals surface area contributed by atoms with E-state index in [0.717, 1.165) is 17.1 Å². The Morgan fingerprint density at radius 3 is 2.64 bits per heavy atom. The summed E-state index contributed by atoms with van der Waals surface area (Å²) in [5.74, 6) is 0. The van der Waals surface area contributed by atoms with Gasteiger partial charge in [-0.3, -0.25) is 4.90 Å². The SMILES string of the molecule is Clc1cc(Cl)c(CN2CCCC2)cn1. The summed E-state index contributed by atoms with van der Waals surface area (Å²) in [5, 5.41) is 1.18. The van der Waals surface area contributed by atoms with Crippen LogP contribution in [0.25, 0.3) is 0 Å². The molecule has 14 heavy (non-hydrogen) atoms. The average molecular weight is 231 g/mol. The van der Waals surface area contributed by atoms with Crippen molar-refractivity contribution in [1.29, 1.82) is 0 Å². The molecule has 0 aromatic carbocycles. The molecule has 76 valence electrons. The lowest BCUT2D eigenvalue weighted by molar-refractivity contribution is 0.331. The second-order valence-electron chi connectivity index (χ2n) is 3.58. The van der Waals surface area contributed by atoms with Crippen LogP contribution in [0.15, 0.2) is 12.3 Å². The van der Waals surface area contributed by atoms with Crippen molar-refractivity contribution in [3.05, 3.63) is 28.0 Å². The third-order valence-corrected chi connectivity index (χ3v) is 3.05. The number of hydrogen-bond donors (Lipinski definition) is 0. The van der Waals surface area contributed by atoms with Crippen molar-refractivity contribution in [3.8, 4) is 0 Å². The third kappa shape index (κ3) is 2.38. The highest BCUT2D eigenvalue weighted by molar-refractivity contribution is 6.34. The van der Waals surface area contributed by atoms with E-state index in [-0.39, 0.29) is 0 Å². The lowest BCUT2D eigenvalue weighted by Gasteiger charge is -2.14. The second-order valence-corrected chi connectivity index (χ2v) is 4.38. The van der Waals surface area contributed by atoms with Crippen molar-refractivity contribution in [3.63, 3.8) is 0 Å². The number of aromatic nitrogens is 1. The topological polar surface area (TPSA) is 16.1 Å². The fourth-order valence-electron chi connectivity index (χ4n) is 1.73. The van der Waals surface area contributed by atoms with Gasteiger partial charge in [-0.1, -0.05) is 23.2 Å². The zero-order valence-corrected chi connectivity index (χ0v) is 9.35. The zero-order chi connectivity index (χ0) is 9.97. The maximum absolute atomic E-state index is 6.06. The minimum Gasteiger partial charge on any atom is -0.299 e. The van der Waals surface area contributed by atoms with E-state index in [4.69, 9.17) is 23.2 Å². The van der Waals surface area contributed by atoms with Gasteiger partial charge >= 0.3 is 0 Å². The molecule has 0 radical (unpaired) electrons. The second kappa shape index (κ2) is 4.47. The summed E-state index contributed by atoms with van der Waals surface area (Å²) in [4.78, 5) is 6.42. The molecule has 1 aliphatic rings. The number of nitrogens with zero attached hydrogens (tertiary/aromatic N) is 2. The Balaban J connectivity index is 2.08. The van der Waals surface area contributed by atoms with Gasteiger partial charge in [0.25, 0.3) is 0 Å². The quantitative estimate of drug-likeness (QED) is 0.727. The van der Waals surface area contributed by atoms with Crippen molar-refractivity contribution in [1.82, 2.24) is 9.88 Å². The third-order valence-electron chi connectivity index (χ3n) is 2.49. The predicted octanol–water partition coefficient (Wildman–Crippen LogP) is 2.98. The van der Waals surface area contributed by atoms with Crippen molar-refractivity contribution in [2.24, 2.45) is 0 Å². The number of rotatable bonds is 2. The number of hydrogen-bond acceptors (Lipinski definition) is 2. The maximum Gasteiger partial charge on any atom is 0.130 e. The van der Waals surface area contributed by atoms with Crippen LogP contribution in [0, 0.1) is 0 Å². The van der Waals surface area contributed by atoms with Gasteiger partial charge < -0.3 is 0 Å². The normalized spacial score (nSPS) is 17.6. The molecule has 1 fully saturated rings. The molecule has 1 aromatic heterocycles. The van der Waals surface area contributed by atoms with Gasteiger partial charge in [-0.15, -0.1) is 0 Å². The molecular formula is C10H12Cl2N2. The van der Waals surface area contributed by atoms with Crippen molar-refractivity contribution in [2.45, 2.75) is 19.4 Å². The van der Waals surface area contributed by atoms with E-state index >= 15 is 0 Å². The summed E-state index contributed by atoms with van der Waals surface area (Å²) in [7, 11) is 0. The summed E-state index contributed by atoms with van der Waals surface area (Å²) in [6.07, 6.45) is 4.35. The molecule has 0 unspecified atom stereocenters. The largest absolute Gasteiger partial charge is 0.299 e. The van der Waals surface area contributed by atoms with Crippen LogP contribution in [-0.2, 0) is 6.54 Å². The molecule has 0 aliphatic carbocycles. The van der Waals surface area contributed by atoms with E-state index < -0.39 is 0 Å². The van der Waals surface area contributed by atoms with Gasteiger partial charge in [-0.2, -0.15) is 0 Å². The summed E-state index contributed by atoms with van der Waals surface area (Å²) in [6, 6.07) is 1.70. The summed E-state index contributed by atoms with van der Waals surface area (Å²) < 4.78 is 0. The van der Waals surface area contributed by atoms with Crippen LogP contribution in [0.5, 0.6) is 0 Å². The van der Waals surface area contributed by atoms with Crippen LogP contribution in [0.1, 0.15) is 18.4 Å². The lowest BCUT2D eigenvalue weighted by Crippen LogP contribution is -2.18. The molecule has 1 aliphatic heterocycles. The van der Waals surface area contributed by atoms with Crippen LogP contribution < -0.4 is 0 Å². The molecule has 0 N–H and O–H groups in total. The van der Waals surface area contributed by atoms with Gasteiger partial charge in [-0.25, -0.2) is 4.98 Å². The van der Waals surface area contributed by atoms with Crippen LogP contribution in [0.3, 0.4) is 0 Å². The van der Waals surface area contributed by atoms with Gasteiger partial charge in [0.05, 0.1) is 0 Å². The van der Waals surface area contributed by atoms with Crippen LogP contribution in [-0.4, -0.2) is 23.0 Å². The van der Waals surface area contributed by atoms with Crippen LogP contribution in [0.2, 0.25) is 10.2 Å².